The van der Waals surface area contributed by atoms with E-state index >= 15 is 0 Å². The van der Waals surface area contributed by atoms with Crippen molar-refractivity contribution in [2.45, 2.75) is 0 Å². The molecule has 3 aromatic rings. The van der Waals surface area contributed by atoms with Crippen LogP contribution >= 0.6 is 0 Å². The second-order valence-electron chi connectivity index (χ2n) is 3.41. The third-order valence-corrected chi connectivity index (χ3v) is 2.35. The van der Waals surface area contributed by atoms with Gasteiger partial charge in [-0.1, -0.05) is 12.1 Å². The van der Waals surface area contributed by atoms with E-state index in [4.69, 9.17) is 4.42 Å². The van der Waals surface area contributed by atoms with Gasteiger partial charge in [0.15, 0.2) is 11.0 Å². The maximum absolute atomic E-state index is 11.6. The van der Waals surface area contributed by atoms with Crippen molar-refractivity contribution in [2.24, 2.45) is 0 Å². The van der Waals surface area contributed by atoms with E-state index < -0.39 is 0 Å². The van der Waals surface area contributed by atoms with Crippen molar-refractivity contribution in [3.63, 3.8) is 0 Å². The van der Waals surface area contributed by atoms with E-state index in [1.165, 1.54) is 6.07 Å². The summed E-state index contributed by atoms with van der Waals surface area (Å²) >= 11 is 0. The van der Waals surface area contributed by atoms with E-state index in [1.54, 1.807) is 12.4 Å². The van der Waals surface area contributed by atoms with E-state index in [-0.39, 0.29) is 5.43 Å². The molecule has 0 fully saturated rings. The summed E-state index contributed by atoms with van der Waals surface area (Å²) in [5, 5.41) is 0. The Labute approximate surface area is 90.6 Å². The van der Waals surface area contributed by atoms with E-state index in [0.717, 1.165) is 5.52 Å². The molecule has 0 aliphatic rings. The molecule has 0 saturated heterocycles. The number of aromatic amines is 1. The van der Waals surface area contributed by atoms with Crippen molar-refractivity contribution in [3.8, 4) is 11.5 Å². The topological polar surface area (TPSA) is 58.9 Å². The maximum Gasteiger partial charge on any atom is 0.232 e. The number of hydrogen-bond acceptors (Lipinski definition) is 3. The number of hydrogen-bond donors (Lipinski definition) is 1. The minimum absolute atomic E-state index is 0.106. The fourth-order valence-corrected chi connectivity index (χ4v) is 1.57. The largest absolute Gasteiger partial charge is 0.436 e. The summed E-state index contributed by atoms with van der Waals surface area (Å²) in [6, 6.07) is 8.86. The monoisotopic (exact) mass is 212 g/mol. The number of oxazole rings is 1. The second-order valence-corrected chi connectivity index (χ2v) is 3.41. The van der Waals surface area contributed by atoms with Gasteiger partial charge in [0, 0.05) is 18.5 Å². The maximum atomic E-state index is 11.6. The highest BCUT2D eigenvalue weighted by Crippen LogP contribution is 2.20. The van der Waals surface area contributed by atoms with E-state index in [2.05, 4.69) is 9.97 Å². The number of H-pyrrole nitrogens is 1. The summed E-state index contributed by atoms with van der Waals surface area (Å²) in [6.07, 6.45) is 3.17. The highest BCUT2D eigenvalue weighted by Gasteiger charge is 2.09. The highest BCUT2D eigenvalue weighted by molar-refractivity contribution is 5.75. The van der Waals surface area contributed by atoms with Crippen LogP contribution in [-0.4, -0.2) is 9.97 Å². The first-order valence-electron chi connectivity index (χ1n) is 4.87. The van der Waals surface area contributed by atoms with Crippen LogP contribution in [0.15, 0.2) is 51.9 Å². The van der Waals surface area contributed by atoms with Crippen LogP contribution in [0, 0.1) is 0 Å². The zero-order chi connectivity index (χ0) is 11.0. The summed E-state index contributed by atoms with van der Waals surface area (Å²) < 4.78 is 5.50. The summed E-state index contributed by atoms with van der Waals surface area (Å²) in [6.45, 7) is 0. The molecule has 2 aromatic heterocycles. The second kappa shape index (κ2) is 3.34. The normalized spacial score (nSPS) is 10.8. The van der Waals surface area contributed by atoms with Crippen LogP contribution in [-0.2, 0) is 0 Å². The van der Waals surface area contributed by atoms with Crippen LogP contribution in [0.2, 0.25) is 0 Å². The Hall–Kier alpha value is -2.36. The number of rotatable bonds is 1. The lowest BCUT2D eigenvalue weighted by Gasteiger charge is -1.91. The van der Waals surface area contributed by atoms with Crippen molar-refractivity contribution in [1.82, 2.24) is 9.97 Å². The minimum Gasteiger partial charge on any atom is -0.436 e. The van der Waals surface area contributed by atoms with Crippen LogP contribution in [0.4, 0.5) is 0 Å². The van der Waals surface area contributed by atoms with Gasteiger partial charge in [-0.15, -0.1) is 0 Å². The molecule has 0 aliphatic heterocycles. The number of benzene rings is 1. The van der Waals surface area contributed by atoms with Crippen LogP contribution < -0.4 is 5.43 Å². The van der Waals surface area contributed by atoms with Crippen molar-refractivity contribution in [3.05, 3.63) is 52.9 Å². The first kappa shape index (κ1) is 8.91. The number of pyridine rings is 1. The zero-order valence-corrected chi connectivity index (χ0v) is 8.31. The molecular formula is C12H8N2O2. The van der Waals surface area contributed by atoms with E-state index in [0.29, 0.717) is 17.0 Å². The van der Waals surface area contributed by atoms with Gasteiger partial charge in [0.05, 0.1) is 0 Å². The van der Waals surface area contributed by atoms with E-state index in [1.807, 2.05) is 24.3 Å². The lowest BCUT2D eigenvalue weighted by molar-refractivity contribution is 0.619. The predicted molar refractivity (Wildman–Crippen MR) is 60.1 cm³/mol. The number of nitrogens with zero attached hydrogens (tertiary/aromatic N) is 1. The Morgan fingerprint density at radius 1 is 1.19 bits per heavy atom. The first-order chi connectivity index (χ1) is 7.84. The molecule has 1 N–H and O–H groups in total. The molecule has 0 atom stereocenters. The standard InChI is InChI=1S/C12H8N2O2/c15-10-5-6-13-7-8(10)12-14-9-3-1-2-4-11(9)16-12/h1-7H,(H,13,15). The molecule has 0 saturated carbocycles. The molecule has 3 rings (SSSR count). The molecule has 16 heavy (non-hydrogen) atoms. The van der Waals surface area contributed by atoms with Crippen LogP contribution in [0.1, 0.15) is 0 Å². The summed E-state index contributed by atoms with van der Waals surface area (Å²) in [5.41, 5.74) is 1.77. The molecule has 0 unspecified atom stereocenters. The smallest absolute Gasteiger partial charge is 0.232 e. The van der Waals surface area contributed by atoms with Crippen LogP contribution in [0.5, 0.6) is 0 Å². The lowest BCUT2D eigenvalue weighted by atomic mass is 10.3. The molecule has 4 heteroatoms. The molecule has 0 amide bonds. The molecule has 0 spiro atoms. The third kappa shape index (κ3) is 1.32. The fraction of sp³-hybridized carbons (Fsp3) is 0. The van der Waals surface area contributed by atoms with Gasteiger partial charge in [0.1, 0.15) is 11.1 Å². The Kier molecular flexibility index (Phi) is 1.86. The Balaban J connectivity index is 2.27. The average Bonchev–Trinajstić information content (AvgIpc) is 2.73. The molecule has 2 heterocycles. The summed E-state index contributed by atoms with van der Waals surface area (Å²) in [4.78, 5) is 18.7. The summed E-state index contributed by atoms with van der Waals surface area (Å²) in [7, 11) is 0. The predicted octanol–water partition coefficient (Wildman–Crippen LogP) is 2.18. The molecule has 1 aromatic carbocycles. The molecular weight excluding hydrogens is 204 g/mol. The van der Waals surface area contributed by atoms with Crippen molar-refractivity contribution < 1.29 is 4.42 Å². The van der Waals surface area contributed by atoms with Gasteiger partial charge >= 0.3 is 0 Å². The van der Waals surface area contributed by atoms with Crippen molar-refractivity contribution in [1.29, 1.82) is 0 Å². The average molecular weight is 212 g/mol. The molecule has 0 radical (unpaired) electrons. The summed E-state index contributed by atoms with van der Waals surface area (Å²) in [5.74, 6) is 0.350. The molecule has 0 bridgehead atoms. The highest BCUT2D eigenvalue weighted by atomic mass is 16.3. The molecule has 4 nitrogen and oxygen atoms in total. The number of para-hydroxylation sites is 2. The third-order valence-electron chi connectivity index (χ3n) is 2.35. The van der Waals surface area contributed by atoms with Crippen molar-refractivity contribution in [2.75, 3.05) is 0 Å². The number of aromatic nitrogens is 2. The number of nitrogens with one attached hydrogen (secondary N) is 1. The fourth-order valence-electron chi connectivity index (χ4n) is 1.57. The molecule has 78 valence electrons. The Morgan fingerprint density at radius 3 is 2.88 bits per heavy atom. The van der Waals surface area contributed by atoms with Crippen molar-refractivity contribution >= 4 is 11.1 Å². The van der Waals surface area contributed by atoms with Gasteiger partial charge in [-0.2, -0.15) is 0 Å². The SMILES string of the molecule is O=c1cc[nH]cc1-c1nc2ccccc2o1. The van der Waals surface area contributed by atoms with Gasteiger partial charge in [-0.05, 0) is 12.1 Å². The Morgan fingerprint density at radius 2 is 2.06 bits per heavy atom. The lowest BCUT2D eigenvalue weighted by Crippen LogP contribution is -2.02. The molecule has 0 aliphatic carbocycles. The van der Waals surface area contributed by atoms with Gasteiger partial charge in [0.2, 0.25) is 5.89 Å². The minimum atomic E-state index is -0.106. The van der Waals surface area contributed by atoms with E-state index in [9.17, 15) is 4.79 Å². The van der Waals surface area contributed by atoms with Gasteiger partial charge < -0.3 is 9.40 Å². The van der Waals surface area contributed by atoms with Crippen LogP contribution in [0.3, 0.4) is 0 Å². The zero-order valence-electron chi connectivity index (χ0n) is 8.31. The van der Waals surface area contributed by atoms with Gasteiger partial charge in [-0.3, -0.25) is 4.79 Å². The van der Waals surface area contributed by atoms with Gasteiger partial charge in [-0.25, -0.2) is 4.98 Å². The number of fused-ring (bicyclic) bond motifs is 1. The quantitative estimate of drug-likeness (QED) is 0.672. The van der Waals surface area contributed by atoms with Crippen LogP contribution in [0.25, 0.3) is 22.6 Å². The Bertz CT molecular complexity index is 664. The first-order valence-corrected chi connectivity index (χ1v) is 4.87. The van der Waals surface area contributed by atoms with Gasteiger partial charge in [0.25, 0.3) is 0 Å².